The number of amides is 1. The standard InChI is InChI=1S/C13H18N2O2/c14-7-10-1-3-11(4-2-10)8-15-13(16)12-5-6-17-9-12/h1-4,12H,5-9,14H2,(H,15,16). The van der Waals surface area contributed by atoms with E-state index >= 15 is 0 Å². The van der Waals surface area contributed by atoms with Gasteiger partial charge >= 0.3 is 0 Å². The molecule has 0 aromatic heterocycles. The lowest BCUT2D eigenvalue weighted by Gasteiger charge is -2.09. The van der Waals surface area contributed by atoms with E-state index in [4.69, 9.17) is 10.5 Å². The molecular weight excluding hydrogens is 216 g/mol. The Balaban J connectivity index is 1.82. The minimum atomic E-state index is 0.0262. The van der Waals surface area contributed by atoms with Gasteiger partial charge in [-0.15, -0.1) is 0 Å². The summed E-state index contributed by atoms with van der Waals surface area (Å²) in [4.78, 5) is 11.7. The van der Waals surface area contributed by atoms with Gasteiger partial charge in [-0.1, -0.05) is 24.3 Å². The van der Waals surface area contributed by atoms with Crippen LogP contribution in [0.4, 0.5) is 0 Å². The number of nitrogens with two attached hydrogens (primary N) is 1. The molecule has 1 fully saturated rings. The normalized spacial score (nSPS) is 19.2. The third kappa shape index (κ3) is 3.28. The first kappa shape index (κ1) is 12.1. The van der Waals surface area contributed by atoms with Crippen molar-refractivity contribution >= 4 is 5.91 Å². The third-order valence-electron chi connectivity index (χ3n) is 3.03. The molecule has 4 heteroatoms. The molecule has 17 heavy (non-hydrogen) atoms. The van der Waals surface area contributed by atoms with E-state index in [0.717, 1.165) is 17.5 Å². The first-order valence-electron chi connectivity index (χ1n) is 5.93. The van der Waals surface area contributed by atoms with Gasteiger partial charge < -0.3 is 15.8 Å². The molecule has 2 rings (SSSR count). The molecule has 1 aromatic carbocycles. The molecule has 1 amide bonds. The highest BCUT2D eigenvalue weighted by Crippen LogP contribution is 2.12. The Morgan fingerprint density at radius 1 is 1.35 bits per heavy atom. The van der Waals surface area contributed by atoms with Crippen LogP contribution in [0, 0.1) is 5.92 Å². The second-order valence-electron chi connectivity index (χ2n) is 4.30. The number of ether oxygens (including phenoxy) is 1. The van der Waals surface area contributed by atoms with Gasteiger partial charge in [-0.3, -0.25) is 4.79 Å². The average molecular weight is 234 g/mol. The fraction of sp³-hybridized carbons (Fsp3) is 0.462. The van der Waals surface area contributed by atoms with Crippen molar-refractivity contribution in [2.75, 3.05) is 13.2 Å². The van der Waals surface area contributed by atoms with Crippen LogP contribution in [0.3, 0.4) is 0 Å². The molecule has 1 aromatic rings. The van der Waals surface area contributed by atoms with Crippen LogP contribution in [-0.2, 0) is 22.6 Å². The van der Waals surface area contributed by atoms with Gasteiger partial charge in [-0.05, 0) is 17.5 Å². The Labute approximate surface area is 101 Å². The monoisotopic (exact) mass is 234 g/mol. The second-order valence-corrected chi connectivity index (χ2v) is 4.30. The lowest BCUT2D eigenvalue weighted by Crippen LogP contribution is -2.30. The lowest BCUT2D eigenvalue weighted by molar-refractivity contribution is -0.125. The summed E-state index contributed by atoms with van der Waals surface area (Å²) in [6.45, 7) is 2.37. The minimum absolute atomic E-state index is 0.0262. The number of rotatable bonds is 4. The van der Waals surface area contributed by atoms with E-state index in [1.807, 2.05) is 24.3 Å². The molecule has 92 valence electrons. The molecule has 0 spiro atoms. The summed E-state index contributed by atoms with van der Waals surface area (Å²) < 4.78 is 5.19. The van der Waals surface area contributed by atoms with E-state index < -0.39 is 0 Å². The molecule has 1 heterocycles. The summed E-state index contributed by atoms with van der Waals surface area (Å²) in [6, 6.07) is 7.96. The molecule has 0 bridgehead atoms. The summed E-state index contributed by atoms with van der Waals surface area (Å²) in [5.41, 5.74) is 7.71. The molecule has 1 saturated heterocycles. The van der Waals surface area contributed by atoms with Crippen molar-refractivity contribution in [3.8, 4) is 0 Å². The van der Waals surface area contributed by atoms with Crippen LogP contribution < -0.4 is 11.1 Å². The summed E-state index contributed by atoms with van der Waals surface area (Å²) in [7, 11) is 0. The van der Waals surface area contributed by atoms with Crippen molar-refractivity contribution in [1.82, 2.24) is 5.32 Å². The van der Waals surface area contributed by atoms with Gasteiger partial charge in [0.2, 0.25) is 5.91 Å². The van der Waals surface area contributed by atoms with E-state index in [1.54, 1.807) is 0 Å². The molecule has 1 atom stereocenters. The molecule has 3 N–H and O–H groups in total. The van der Waals surface area contributed by atoms with E-state index in [-0.39, 0.29) is 11.8 Å². The highest BCUT2D eigenvalue weighted by molar-refractivity contribution is 5.78. The largest absolute Gasteiger partial charge is 0.381 e. The molecule has 4 nitrogen and oxygen atoms in total. The van der Waals surface area contributed by atoms with Gasteiger partial charge in [0.15, 0.2) is 0 Å². The zero-order valence-corrected chi connectivity index (χ0v) is 9.82. The van der Waals surface area contributed by atoms with Crippen LogP contribution in [0.25, 0.3) is 0 Å². The highest BCUT2D eigenvalue weighted by atomic mass is 16.5. The Morgan fingerprint density at radius 3 is 2.65 bits per heavy atom. The maximum Gasteiger partial charge on any atom is 0.225 e. The Kier molecular flexibility index (Phi) is 4.12. The quantitative estimate of drug-likeness (QED) is 0.810. The van der Waals surface area contributed by atoms with Crippen LogP contribution in [0.15, 0.2) is 24.3 Å². The van der Waals surface area contributed by atoms with Gasteiger partial charge in [0, 0.05) is 19.7 Å². The number of nitrogens with one attached hydrogen (secondary N) is 1. The van der Waals surface area contributed by atoms with Crippen LogP contribution in [0.5, 0.6) is 0 Å². The molecule has 0 aliphatic carbocycles. The SMILES string of the molecule is NCc1ccc(CNC(=O)C2CCOC2)cc1. The molecule has 1 aliphatic rings. The second kappa shape index (κ2) is 5.80. The number of carbonyl (C=O) groups excluding carboxylic acids is 1. The third-order valence-corrected chi connectivity index (χ3v) is 3.03. The van der Waals surface area contributed by atoms with Crippen molar-refractivity contribution < 1.29 is 9.53 Å². The zero-order valence-electron chi connectivity index (χ0n) is 9.82. The van der Waals surface area contributed by atoms with Crippen molar-refractivity contribution in [2.45, 2.75) is 19.5 Å². The van der Waals surface area contributed by atoms with Gasteiger partial charge in [-0.25, -0.2) is 0 Å². The molecule has 1 unspecified atom stereocenters. The first-order valence-corrected chi connectivity index (χ1v) is 5.93. The van der Waals surface area contributed by atoms with E-state index in [1.165, 1.54) is 0 Å². The summed E-state index contributed by atoms with van der Waals surface area (Å²) in [5.74, 6) is 0.115. The van der Waals surface area contributed by atoms with Crippen molar-refractivity contribution in [3.63, 3.8) is 0 Å². The summed E-state index contributed by atoms with van der Waals surface area (Å²) >= 11 is 0. The fourth-order valence-corrected chi connectivity index (χ4v) is 1.87. The van der Waals surface area contributed by atoms with Gasteiger partial charge in [0.05, 0.1) is 12.5 Å². The smallest absolute Gasteiger partial charge is 0.225 e. The van der Waals surface area contributed by atoms with E-state index in [9.17, 15) is 4.79 Å². The average Bonchev–Trinajstić information content (AvgIpc) is 2.90. The van der Waals surface area contributed by atoms with Crippen molar-refractivity contribution in [2.24, 2.45) is 11.7 Å². The van der Waals surface area contributed by atoms with Crippen molar-refractivity contribution in [3.05, 3.63) is 35.4 Å². The van der Waals surface area contributed by atoms with E-state index in [2.05, 4.69) is 5.32 Å². The molecule has 0 saturated carbocycles. The topological polar surface area (TPSA) is 64.3 Å². The zero-order chi connectivity index (χ0) is 12.1. The predicted octanol–water partition coefficient (Wildman–Crippen LogP) is 0.798. The molecular formula is C13H18N2O2. The number of benzene rings is 1. The molecule has 0 radical (unpaired) electrons. The van der Waals surface area contributed by atoms with Gasteiger partial charge in [-0.2, -0.15) is 0 Å². The fourth-order valence-electron chi connectivity index (χ4n) is 1.87. The predicted molar refractivity (Wildman–Crippen MR) is 65.1 cm³/mol. The highest BCUT2D eigenvalue weighted by Gasteiger charge is 2.22. The Morgan fingerprint density at radius 2 is 2.06 bits per heavy atom. The Hall–Kier alpha value is -1.39. The minimum Gasteiger partial charge on any atom is -0.381 e. The summed E-state index contributed by atoms with van der Waals surface area (Å²) in [5, 5.41) is 2.93. The van der Waals surface area contributed by atoms with Gasteiger partial charge in [0.1, 0.15) is 0 Å². The molecule has 1 aliphatic heterocycles. The maximum atomic E-state index is 11.7. The van der Waals surface area contributed by atoms with Crippen molar-refractivity contribution in [1.29, 1.82) is 0 Å². The van der Waals surface area contributed by atoms with Crippen LogP contribution in [-0.4, -0.2) is 19.1 Å². The van der Waals surface area contributed by atoms with Gasteiger partial charge in [0.25, 0.3) is 0 Å². The van der Waals surface area contributed by atoms with Crippen LogP contribution in [0.2, 0.25) is 0 Å². The van der Waals surface area contributed by atoms with Crippen LogP contribution >= 0.6 is 0 Å². The number of carbonyl (C=O) groups is 1. The lowest BCUT2D eigenvalue weighted by atomic mass is 10.1. The van der Waals surface area contributed by atoms with E-state index in [0.29, 0.717) is 26.3 Å². The summed E-state index contributed by atoms with van der Waals surface area (Å²) in [6.07, 6.45) is 0.831. The van der Waals surface area contributed by atoms with Crippen LogP contribution in [0.1, 0.15) is 17.5 Å². The number of hydrogen-bond donors (Lipinski definition) is 2. The Bertz CT molecular complexity index is 370. The maximum absolute atomic E-state index is 11.7. The number of hydrogen-bond acceptors (Lipinski definition) is 3. The first-order chi connectivity index (χ1) is 8.29.